The topological polar surface area (TPSA) is 94.3 Å². The summed E-state index contributed by atoms with van der Waals surface area (Å²) in [7, 11) is -10.3. The van der Waals surface area contributed by atoms with Crippen molar-refractivity contribution in [3.63, 3.8) is 0 Å². The highest BCUT2D eigenvalue weighted by molar-refractivity contribution is 8.10. The van der Waals surface area contributed by atoms with Crippen molar-refractivity contribution in [1.29, 1.82) is 0 Å². The average Bonchev–Trinajstić information content (AvgIpc) is 3.38. The molecule has 0 aliphatic rings. The van der Waals surface area contributed by atoms with Crippen molar-refractivity contribution in [2.24, 2.45) is 0 Å². The third-order valence-corrected chi connectivity index (χ3v) is 11.4. The van der Waals surface area contributed by atoms with Crippen molar-refractivity contribution in [2.75, 3.05) is 0 Å². The molecule has 5 rings (SSSR count). The predicted molar refractivity (Wildman–Crippen MR) is 143 cm³/mol. The maximum atomic E-state index is 17.5. The van der Waals surface area contributed by atoms with Crippen LogP contribution in [0.1, 0.15) is 11.5 Å². The Kier molecular flexibility index (Phi) is 6.69. The Labute approximate surface area is 224 Å². The zero-order chi connectivity index (χ0) is 27.8. The molecule has 5 aromatic rings. The van der Waals surface area contributed by atoms with Crippen LogP contribution in [0.4, 0.5) is 8.78 Å². The lowest BCUT2D eigenvalue weighted by molar-refractivity contribution is 0.331. The third kappa shape index (κ3) is 4.35. The number of benzene rings is 4. The van der Waals surface area contributed by atoms with E-state index in [0.717, 1.165) is 30.3 Å². The quantitative estimate of drug-likeness (QED) is 0.200. The van der Waals surface area contributed by atoms with E-state index in [9.17, 15) is 21.2 Å². The highest BCUT2D eigenvalue weighted by Gasteiger charge is 2.62. The van der Waals surface area contributed by atoms with Crippen molar-refractivity contribution in [3.05, 3.63) is 127 Å². The molecule has 4 aromatic carbocycles. The summed E-state index contributed by atoms with van der Waals surface area (Å²) >= 11 is 0. The Morgan fingerprint density at radius 3 is 1.85 bits per heavy atom. The van der Waals surface area contributed by atoms with Crippen molar-refractivity contribution in [2.45, 2.75) is 20.0 Å². The fourth-order valence-corrected chi connectivity index (χ4v) is 8.87. The van der Waals surface area contributed by atoms with Gasteiger partial charge in [0.05, 0.1) is 15.7 Å². The number of aromatic nitrogens is 1. The standard InChI is InChI=1S/C29H21F2NO5S2/c1-2-25(21-15-18-27-26(19-21)32-28(37-27)20-13-16-22(30)17-14-20)29(31,38(33,34)23-9-5-3-6-10-23)39(35,36)24-11-7-4-8-12-24/h2-19,25H,1H2. The summed E-state index contributed by atoms with van der Waals surface area (Å²) in [5.74, 6) is -2.15. The van der Waals surface area contributed by atoms with Crippen LogP contribution in [0, 0.1) is 5.82 Å². The predicted octanol–water partition coefficient (Wildman–Crippen LogP) is 6.47. The van der Waals surface area contributed by atoms with Crippen molar-refractivity contribution in [3.8, 4) is 11.5 Å². The second-order valence-corrected chi connectivity index (χ2v) is 13.1. The number of alkyl halides is 1. The van der Waals surface area contributed by atoms with Gasteiger partial charge in [0.15, 0.2) is 5.58 Å². The summed E-state index contributed by atoms with van der Waals surface area (Å²) in [6, 6.07) is 22.7. The van der Waals surface area contributed by atoms with Crippen LogP contribution in [-0.4, -0.2) is 26.2 Å². The molecule has 1 unspecified atom stereocenters. The van der Waals surface area contributed by atoms with Gasteiger partial charge in [-0.05, 0) is 66.2 Å². The smallest absolute Gasteiger partial charge is 0.327 e. The van der Waals surface area contributed by atoms with E-state index >= 15 is 4.39 Å². The van der Waals surface area contributed by atoms with Gasteiger partial charge in [-0.1, -0.05) is 48.5 Å². The Morgan fingerprint density at radius 1 is 0.795 bits per heavy atom. The van der Waals surface area contributed by atoms with Gasteiger partial charge in [-0.25, -0.2) is 30.6 Å². The zero-order valence-corrected chi connectivity index (χ0v) is 21.9. The Morgan fingerprint density at radius 2 is 1.33 bits per heavy atom. The van der Waals surface area contributed by atoms with E-state index in [0.29, 0.717) is 5.56 Å². The minimum atomic E-state index is -5.17. The second kappa shape index (κ2) is 9.87. The molecule has 0 bridgehead atoms. The highest BCUT2D eigenvalue weighted by Crippen LogP contribution is 2.48. The van der Waals surface area contributed by atoms with E-state index in [4.69, 9.17) is 4.42 Å². The van der Waals surface area contributed by atoms with Crippen LogP contribution in [0.2, 0.25) is 0 Å². The van der Waals surface area contributed by atoms with E-state index < -0.39 is 45.5 Å². The number of halogens is 2. The molecule has 6 nitrogen and oxygen atoms in total. The summed E-state index contributed by atoms with van der Waals surface area (Å²) in [4.78, 5) is 3.37. The van der Waals surface area contributed by atoms with Gasteiger partial charge < -0.3 is 4.42 Å². The molecule has 0 amide bonds. The molecule has 0 spiro atoms. The number of sulfone groups is 2. The van der Waals surface area contributed by atoms with Gasteiger partial charge in [0.2, 0.25) is 25.6 Å². The minimum Gasteiger partial charge on any atom is -0.436 e. The van der Waals surface area contributed by atoms with Crippen molar-refractivity contribution < 1.29 is 30.0 Å². The lowest BCUT2D eigenvalue weighted by atomic mass is 10.00. The van der Waals surface area contributed by atoms with Crippen LogP contribution in [0.3, 0.4) is 0 Å². The molecule has 39 heavy (non-hydrogen) atoms. The third-order valence-electron chi connectivity index (χ3n) is 6.31. The first kappa shape index (κ1) is 26.5. The van der Waals surface area contributed by atoms with Crippen LogP contribution < -0.4 is 0 Å². The first-order valence-corrected chi connectivity index (χ1v) is 14.6. The number of hydrogen-bond donors (Lipinski definition) is 0. The first-order valence-electron chi connectivity index (χ1n) is 11.7. The molecule has 10 heteroatoms. The monoisotopic (exact) mass is 565 g/mol. The largest absolute Gasteiger partial charge is 0.436 e. The number of oxazole rings is 1. The Bertz CT molecular complexity index is 1800. The highest BCUT2D eigenvalue weighted by atomic mass is 32.3. The summed E-state index contributed by atoms with van der Waals surface area (Å²) < 4.78 is 88.1. The average molecular weight is 566 g/mol. The molecule has 0 aliphatic carbocycles. The SMILES string of the molecule is C=CC(c1ccc2oc(-c3ccc(F)cc3)nc2c1)C(F)(S(=O)(=O)c1ccccc1)S(=O)(=O)c1ccccc1. The number of fused-ring (bicyclic) bond motifs is 1. The van der Waals surface area contributed by atoms with Gasteiger partial charge in [0.25, 0.3) is 0 Å². The number of allylic oxidation sites excluding steroid dienone is 1. The summed E-state index contributed by atoms with van der Waals surface area (Å²) in [6.45, 7) is 3.61. The molecule has 1 heterocycles. The summed E-state index contributed by atoms with van der Waals surface area (Å²) in [5.41, 5.74) is 0.975. The Balaban J connectivity index is 1.71. The normalized spacial score (nSPS) is 13.3. The molecule has 1 atom stereocenters. The maximum Gasteiger partial charge on any atom is 0.327 e. The molecule has 0 saturated carbocycles. The van der Waals surface area contributed by atoms with Crippen LogP contribution in [0.15, 0.2) is 130 Å². The lowest BCUT2D eigenvalue weighted by Gasteiger charge is -2.31. The van der Waals surface area contributed by atoms with E-state index in [1.807, 2.05) is 0 Å². The molecule has 0 aliphatic heterocycles. The van der Waals surface area contributed by atoms with Crippen LogP contribution >= 0.6 is 0 Å². The van der Waals surface area contributed by atoms with E-state index in [1.165, 1.54) is 78.9 Å². The fourth-order valence-electron chi connectivity index (χ4n) is 4.33. The van der Waals surface area contributed by atoms with Gasteiger partial charge in [-0.3, -0.25) is 0 Å². The minimum absolute atomic E-state index is 0.00188. The molecular formula is C29H21F2NO5S2. The summed E-state index contributed by atoms with van der Waals surface area (Å²) in [5, 5.41) is 0. The molecule has 0 saturated heterocycles. The van der Waals surface area contributed by atoms with Crippen molar-refractivity contribution >= 4 is 30.8 Å². The van der Waals surface area contributed by atoms with Crippen LogP contribution in [0.25, 0.3) is 22.6 Å². The van der Waals surface area contributed by atoms with Gasteiger partial charge >= 0.3 is 4.33 Å². The van der Waals surface area contributed by atoms with E-state index in [1.54, 1.807) is 0 Å². The maximum absolute atomic E-state index is 17.5. The molecule has 198 valence electrons. The number of rotatable bonds is 8. The molecule has 0 N–H and O–H groups in total. The van der Waals surface area contributed by atoms with Gasteiger partial charge in [0, 0.05) is 5.56 Å². The van der Waals surface area contributed by atoms with E-state index in [-0.39, 0.29) is 22.6 Å². The zero-order valence-electron chi connectivity index (χ0n) is 20.2. The van der Waals surface area contributed by atoms with Gasteiger partial charge in [-0.2, -0.15) is 0 Å². The van der Waals surface area contributed by atoms with Gasteiger partial charge in [0.1, 0.15) is 11.3 Å². The number of hydrogen-bond acceptors (Lipinski definition) is 6. The number of nitrogens with zero attached hydrogens (tertiary/aromatic N) is 1. The lowest BCUT2D eigenvalue weighted by Crippen LogP contribution is -2.47. The van der Waals surface area contributed by atoms with Crippen molar-refractivity contribution in [1.82, 2.24) is 4.98 Å². The van der Waals surface area contributed by atoms with E-state index in [2.05, 4.69) is 11.6 Å². The first-order chi connectivity index (χ1) is 18.6. The Hall–Kier alpha value is -4.15. The second-order valence-electron chi connectivity index (χ2n) is 8.68. The van der Waals surface area contributed by atoms with Crippen LogP contribution in [-0.2, 0) is 19.7 Å². The molecule has 0 fully saturated rings. The summed E-state index contributed by atoms with van der Waals surface area (Å²) in [6.07, 6.45) is 0.961. The van der Waals surface area contributed by atoms with Crippen LogP contribution in [0.5, 0.6) is 0 Å². The molecule has 1 aromatic heterocycles. The molecule has 0 radical (unpaired) electrons. The fraction of sp³-hybridized carbons (Fsp3) is 0.0690. The molecular weight excluding hydrogens is 544 g/mol. The van der Waals surface area contributed by atoms with Gasteiger partial charge in [-0.15, -0.1) is 6.58 Å².